The van der Waals surface area contributed by atoms with Gasteiger partial charge in [0.2, 0.25) is 0 Å². The van der Waals surface area contributed by atoms with Gasteiger partial charge in [0.25, 0.3) is 12.3 Å². The average molecular weight is 259 g/mol. The Morgan fingerprint density at radius 2 is 2.00 bits per heavy atom. The van der Waals surface area contributed by atoms with Crippen molar-refractivity contribution >= 4 is 5.91 Å². The van der Waals surface area contributed by atoms with Gasteiger partial charge in [0.1, 0.15) is 11.9 Å². The monoisotopic (exact) mass is 259 g/mol. The molecule has 0 spiro atoms. The highest BCUT2D eigenvalue weighted by atomic mass is 19.3. The summed E-state index contributed by atoms with van der Waals surface area (Å²) in [5.41, 5.74) is 0.319. The lowest BCUT2D eigenvalue weighted by molar-refractivity contribution is -0.00270. The first kappa shape index (κ1) is 14.4. The maximum atomic E-state index is 12.0. The predicted molar refractivity (Wildman–Crippen MR) is 62.0 cm³/mol. The fraction of sp³-hybridized carbons (Fsp3) is 0.417. The number of hydrogen-bond acceptors (Lipinski definition) is 3. The van der Waals surface area contributed by atoms with Gasteiger partial charge in [-0.1, -0.05) is 0 Å². The summed E-state index contributed by atoms with van der Waals surface area (Å²) in [6.07, 6.45) is -4.72. The maximum absolute atomic E-state index is 12.0. The molecule has 0 aromatic heterocycles. The van der Waals surface area contributed by atoms with Crippen molar-refractivity contribution in [1.29, 1.82) is 0 Å². The Labute approximate surface area is 104 Å². The normalized spacial score (nSPS) is 12.3. The molecule has 1 atom stereocenters. The molecule has 18 heavy (non-hydrogen) atoms. The summed E-state index contributed by atoms with van der Waals surface area (Å²) in [4.78, 5) is 11.5. The summed E-state index contributed by atoms with van der Waals surface area (Å²) < 4.78 is 29.2. The molecule has 6 heteroatoms. The first-order chi connectivity index (χ1) is 8.54. The van der Waals surface area contributed by atoms with Crippen molar-refractivity contribution in [1.82, 2.24) is 5.32 Å². The van der Waals surface area contributed by atoms with Gasteiger partial charge in [-0.25, -0.2) is 8.78 Å². The zero-order valence-electron chi connectivity index (χ0n) is 9.90. The third-order valence-electron chi connectivity index (χ3n) is 2.19. The van der Waals surface area contributed by atoms with Crippen molar-refractivity contribution in [2.45, 2.75) is 19.5 Å². The van der Waals surface area contributed by atoms with E-state index in [2.05, 4.69) is 5.32 Å². The number of hydrogen-bond donors (Lipinski definition) is 2. The standard InChI is InChI=1S/C12H15F2NO3/c1-2-18-9-5-3-8(4-6-9)12(17)15-7-10(16)11(13)14/h3-6,10-11,16H,2,7H2,1H3,(H,15,17). The molecule has 0 aliphatic heterocycles. The van der Waals surface area contributed by atoms with Crippen LogP contribution in [0.5, 0.6) is 5.75 Å². The summed E-state index contributed by atoms with van der Waals surface area (Å²) in [5, 5.41) is 11.1. The number of aliphatic hydroxyl groups is 1. The van der Waals surface area contributed by atoms with Crippen molar-refractivity contribution in [3.63, 3.8) is 0 Å². The van der Waals surface area contributed by atoms with Crippen LogP contribution in [0.3, 0.4) is 0 Å². The molecule has 4 nitrogen and oxygen atoms in total. The molecule has 1 aromatic rings. The fourth-order valence-electron chi connectivity index (χ4n) is 1.26. The molecule has 0 saturated carbocycles. The zero-order valence-corrected chi connectivity index (χ0v) is 9.90. The number of nitrogens with one attached hydrogen (secondary N) is 1. The highest BCUT2D eigenvalue weighted by molar-refractivity contribution is 5.94. The number of rotatable bonds is 6. The highest BCUT2D eigenvalue weighted by Crippen LogP contribution is 2.12. The number of halogens is 2. The molecule has 1 rings (SSSR count). The first-order valence-electron chi connectivity index (χ1n) is 5.52. The summed E-state index contributed by atoms with van der Waals surface area (Å²) in [5.74, 6) is 0.111. The predicted octanol–water partition coefficient (Wildman–Crippen LogP) is 1.44. The van der Waals surface area contributed by atoms with Gasteiger partial charge in [-0.3, -0.25) is 4.79 Å². The molecule has 0 aliphatic rings. The van der Waals surface area contributed by atoms with E-state index < -0.39 is 25.0 Å². The number of amides is 1. The van der Waals surface area contributed by atoms with Crippen LogP contribution < -0.4 is 10.1 Å². The third-order valence-corrected chi connectivity index (χ3v) is 2.19. The Balaban J connectivity index is 2.51. The number of carbonyl (C=O) groups is 1. The topological polar surface area (TPSA) is 58.6 Å². The van der Waals surface area contributed by atoms with Gasteiger partial charge in [-0.15, -0.1) is 0 Å². The highest BCUT2D eigenvalue weighted by Gasteiger charge is 2.17. The van der Waals surface area contributed by atoms with Gasteiger partial charge < -0.3 is 15.2 Å². The van der Waals surface area contributed by atoms with Crippen LogP contribution in [-0.4, -0.2) is 36.7 Å². The van der Waals surface area contributed by atoms with Gasteiger partial charge in [-0.2, -0.15) is 0 Å². The van der Waals surface area contributed by atoms with Crippen LogP contribution in [0.2, 0.25) is 0 Å². The summed E-state index contributed by atoms with van der Waals surface area (Å²) in [7, 11) is 0. The molecular weight excluding hydrogens is 244 g/mol. The molecule has 2 N–H and O–H groups in total. The van der Waals surface area contributed by atoms with E-state index in [1.54, 1.807) is 12.1 Å². The summed E-state index contributed by atoms with van der Waals surface area (Å²) in [6, 6.07) is 6.27. The van der Waals surface area contributed by atoms with Crippen molar-refractivity contribution in [2.75, 3.05) is 13.2 Å². The lowest BCUT2D eigenvalue weighted by Crippen LogP contribution is -2.35. The number of alkyl halides is 2. The average Bonchev–Trinajstić information content (AvgIpc) is 2.36. The number of ether oxygens (including phenoxy) is 1. The molecule has 0 heterocycles. The Kier molecular flexibility index (Phi) is 5.51. The smallest absolute Gasteiger partial charge is 0.265 e. The van der Waals surface area contributed by atoms with Gasteiger partial charge in [0, 0.05) is 12.1 Å². The SMILES string of the molecule is CCOc1ccc(C(=O)NCC(O)C(F)F)cc1. The third kappa shape index (κ3) is 4.29. The lowest BCUT2D eigenvalue weighted by atomic mass is 10.2. The van der Waals surface area contributed by atoms with Crippen LogP contribution in [0.15, 0.2) is 24.3 Å². The first-order valence-corrected chi connectivity index (χ1v) is 5.52. The van der Waals surface area contributed by atoms with Crippen LogP contribution in [0.1, 0.15) is 17.3 Å². The van der Waals surface area contributed by atoms with Crippen LogP contribution in [-0.2, 0) is 0 Å². The van der Waals surface area contributed by atoms with Gasteiger partial charge >= 0.3 is 0 Å². The molecule has 0 saturated heterocycles. The minimum Gasteiger partial charge on any atom is -0.494 e. The molecule has 100 valence electrons. The van der Waals surface area contributed by atoms with E-state index in [9.17, 15) is 13.6 Å². The van der Waals surface area contributed by atoms with Crippen molar-refractivity contribution in [3.05, 3.63) is 29.8 Å². The van der Waals surface area contributed by atoms with Crippen molar-refractivity contribution in [3.8, 4) is 5.75 Å². The van der Waals surface area contributed by atoms with Crippen LogP contribution in [0.4, 0.5) is 8.78 Å². The molecule has 0 fully saturated rings. The van der Waals surface area contributed by atoms with Crippen molar-refractivity contribution < 1.29 is 23.4 Å². The molecule has 0 aliphatic carbocycles. The number of benzene rings is 1. The number of carbonyl (C=O) groups excluding carboxylic acids is 1. The van der Waals surface area contributed by atoms with Crippen molar-refractivity contribution in [2.24, 2.45) is 0 Å². The molecule has 0 bridgehead atoms. The van der Waals surface area contributed by atoms with E-state index in [1.165, 1.54) is 12.1 Å². The molecule has 1 unspecified atom stereocenters. The fourth-order valence-corrected chi connectivity index (χ4v) is 1.26. The van der Waals surface area contributed by atoms with E-state index in [0.29, 0.717) is 17.9 Å². The second kappa shape index (κ2) is 6.90. The second-order valence-electron chi connectivity index (χ2n) is 3.57. The molecular formula is C12H15F2NO3. The lowest BCUT2D eigenvalue weighted by Gasteiger charge is -2.11. The second-order valence-corrected chi connectivity index (χ2v) is 3.57. The molecule has 1 aromatic carbocycles. The maximum Gasteiger partial charge on any atom is 0.265 e. The van der Waals surface area contributed by atoms with Crippen LogP contribution >= 0.6 is 0 Å². The van der Waals surface area contributed by atoms with E-state index >= 15 is 0 Å². The van der Waals surface area contributed by atoms with Crippen LogP contribution in [0, 0.1) is 0 Å². The van der Waals surface area contributed by atoms with Crippen LogP contribution in [0.25, 0.3) is 0 Å². The summed E-state index contributed by atoms with van der Waals surface area (Å²) in [6.45, 7) is 1.88. The molecule has 1 amide bonds. The van der Waals surface area contributed by atoms with Gasteiger partial charge in [0.05, 0.1) is 6.61 Å². The van der Waals surface area contributed by atoms with E-state index in [-0.39, 0.29) is 0 Å². The van der Waals surface area contributed by atoms with E-state index in [1.807, 2.05) is 6.92 Å². The Hall–Kier alpha value is -1.69. The minimum atomic E-state index is -2.87. The number of aliphatic hydroxyl groups excluding tert-OH is 1. The Bertz CT molecular complexity index is 381. The quantitative estimate of drug-likeness (QED) is 0.812. The molecule has 0 radical (unpaired) electrons. The summed E-state index contributed by atoms with van der Waals surface area (Å²) >= 11 is 0. The van der Waals surface area contributed by atoms with Gasteiger partial charge in [-0.05, 0) is 31.2 Å². The van der Waals surface area contributed by atoms with E-state index in [0.717, 1.165) is 0 Å². The van der Waals surface area contributed by atoms with Gasteiger partial charge in [0.15, 0.2) is 0 Å². The Morgan fingerprint density at radius 3 is 2.50 bits per heavy atom. The van der Waals surface area contributed by atoms with E-state index in [4.69, 9.17) is 9.84 Å². The zero-order chi connectivity index (χ0) is 13.5. The largest absolute Gasteiger partial charge is 0.494 e. The Morgan fingerprint density at radius 1 is 1.39 bits per heavy atom. The minimum absolute atomic E-state index is 0.319.